The highest BCUT2D eigenvalue weighted by molar-refractivity contribution is 5.72. The van der Waals surface area contributed by atoms with Crippen LogP contribution in [0, 0.1) is 28.6 Å². The predicted molar refractivity (Wildman–Crippen MR) is 106 cm³/mol. The molecule has 148 valence electrons. The Balaban J connectivity index is 1.69. The molecule has 0 N–H and O–H groups in total. The summed E-state index contributed by atoms with van der Waals surface area (Å²) in [5.74, 6) is 0.892. The van der Waals surface area contributed by atoms with Crippen LogP contribution in [0.3, 0.4) is 0 Å². The Morgan fingerprint density at radius 3 is 2.23 bits per heavy atom. The minimum atomic E-state index is -0.177. The molecule has 2 fully saturated rings. The van der Waals surface area contributed by atoms with Crippen molar-refractivity contribution in [2.75, 3.05) is 0 Å². The summed E-state index contributed by atoms with van der Waals surface area (Å²) in [7, 11) is 0. The molecule has 26 heavy (non-hydrogen) atoms. The highest BCUT2D eigenvalue weighted by Crippen LogP contribution is 2.43. The fraction of sp³-hybridized carbons (Fsp3) is 0.913. The normalized spacial score (nSPS) is 32.0. The van der Waals surface area contributed by atoms with E-state index >= 15 is 0 Å². The van der Waals surface area contributed by atoms with Gasteiger partial charge in [-0.15, -0.1) is 0 Å². The van der Waals surface area contributed by atoms with Gasteiger partial charge in [-0.3, -0.25) is 4.79 Å². The molecule has 0 aromatic carbocycles. The first-order valence-electron chi connectivity index (χ1n) is 11.2. The van der Waals surface area contributed by atoms with Gasteiger partial charge in [0.25, 0.3) is 0 Å². The third-order valence-corrected chi connectivity index (χ3v) is 6.81. The SMILES string of the molecule is CCCCC[C@H]1CC[C@H](OC(=O)[C@H]2CC[C@](C#N)(CCCC)CC2)CC1. The lowest BCUT2D eigenvalue weighted by Crippen LogP contribution is -2.33. The summed E-state index contributed by atoms with van der Waals surface area (Å²) in [5, 5.41) is 9.59. The van der Waals surface area contributed by atoms with Crippen LogP contribution in [0.1, 0.15) is 110 Å². The van der Waals surface area contributed by atoms with Crippen molar-refractivity contribution < 1.29 is 9.53 Å². The third-order valence-electron chi connectivity index (χ3n) is 6.81. The minimum absolute atomic E-state index is 0.0152. The van der Waals surface area contributed by atoms with E-state index < -0.39 is 0 Å². The Morgan fingerprint density at radius 2 is 1.65 bits per heavy atom. The molecule has 2 rings (SSSR count). The molecule has 0 atom stereocenters. The molecule has 0 unspecified atom stereocenters. The fourth-order valence-corrected chi connectivity index (χ4v) is 4.82. The summed E-state index contributed by atoms with van der Waals surface area (Å²) in [6, 6.07) is 2.57. The largest absolute Gasteiger partial charge is 0.462 e. The van der Waals surface area contributed by atoms with Gasteiger partial charge in [-0.1, -0.05) is 52.4 Å². The predicted octanol–water partition coefficient (Wildman–Crippen LogP) is 6.56. The number of carbonyl (C=O) groups is 1. The maximum absolute atomic E-state index is 12.6. The Hall–Kier alpha value is -1.04. The lowest BCUT2D eigenvalue weighted by atomic mass is 9.69. The summed E-state index contributed by atoms with van der Waals surface area (Å²) < 4.78 is 5.87. The first-order chi connectivity index (χ1) is 12.6. The summed E-state index contributed by atoms with van der Waals surface area (Å²) in [6.45, 7) is 4.43. The van der Waals surface area contributed by atoms with Gasteiger partial charge in [0.2, 0.25) is 0 Å². The summed E-state index contributed by atoms with van der Waals surface area (Å²) >= 11 is 0. The molecule has 0 heterocycles. The van der Waals surface area contributed by atoms with E-state index in [0.29, 0.717) is 0 Å². The molecule has 0 saturated heterocycles. The van der Waals surface area contributed by atoms with Gasteiger partial charge >= 0.3 is 5.97 Å². The van der Waals surface area contributed by atoms with Crippen molar-refractivity contribution in [2.24, 2.45) is 17.3 Å². The van der Waals surface area contributed by atoms with Crippen LogP contribution in [-0.2, 0) is 9.53 Å². The number of carbonyl (C=O) groups excluding carboxylic acids is 1. The van der Waals surface area contributed by atoms with E-state index in [1.54, 1.807) is 0 Å². The monoisotopic (exact) mass is 361 g/mol. The zero-order chi connectivity index (χ0) is 18.8. The molecule has 0 aromatic heterocycles. The van der Waals surface area contributed by atoms with Crippen LogP contribution in [0.2, 0.25) is 0 Å². The van der Waals surface area contributed by atoms with Crippen LogP contribution >= 0.6 is 0 Å². The van der Waals surface area contributed by atoms with Gasteiger partial charge in [0.1, 0.15) is 6.10 Å². The Kier molecular flexibility index (Phi) is 8.96. The molecule has 3 nitrogen and oxygen atoms in total. The maximum atomic E-state index is 12.6. The fourth-order valence-electron chi connectivity index (χ4n) is 4.82. The number of hydrogen-bond acceptors (Lipinski definition) is 3. The van der Waals surface area contributed by atoms with E-state index in [9.17, 15) is 10.1 Å². The van der Waals surface area contributed by atoms with Crippen molar-refractivity contribution >= 4 is 5.97 Å². The van der Waals surface area contributed by atoms with Crippen LogP contribution in [0.4, 0.5) is 0 Å². The van der Waals surface area contributed by atoms with Gasteiger partial charge in [0.15, 0.2) is 0 Å². The molecule has 0 aromatic rings. The minimum Gasteiger partial charge on any atom is -0.462 e. The Morgan fingerprint density at radius 1 is 1.00 bits per heavy atom. The first kappa shape index (κ1) is 21.3. The van der Waals surface area contributed by atoms with Crippen molar-refractivity contribution in [2.45, 2.75) is 116 Å². The van der Waals surface area contributed by atoms with Gasteiger partial charge in [-0.2, -0.15) is 5.26 Å². The average Bonchev–Trinajstić information content (AvgIpc) is 2.68. The first-order valence-corrected chi connectivity index (χ1v) is 11.2. The number of esters is 1. The van der Waals surface area contributed by atoms with Gasteiger partial charge in [0.05, 0.1) is 17.4 Å². The van der Waals surface area contributed by atoms with Crippen LogP contribution in [0.5, 0.6) is 0 Å². The quantitative estimate of drug-likeness (QED) is 0.345. The number of rotatable bonds is 9. The van der Waals surface area contributed by atoms with E-state index in [1.165, 1.54) is 38.5 Å². The molecule has 0 amide bonds. The molecule has 2 saturated carbocycles. The van der Waals surface area contributed by atoms with E-state index in [-0.39, 0.29) is 23.4 Å². The van der Waals surface area contributed by atoms with Crippen LogP contribution in [0.25, 0.3) is 0 Å². The lowest BCUT2D eigenvalue weighted by Gasteiger charge is -2.35. The van der Waals surface area contributed by atoms with Crippen LogP contribution < -0.4 is 0 Å². The number of nitrogens with zero attached hydrogens (tertiary/aromatic N) is 1. The van der Waals surface area contributed by atoms with Crippen molar-refractivity contribution in [3.8, 4) is 6.07 Å². The number of unbranched alkanes of at least 4 members (excludes halogenated alkanes) is 3. The number of ether oxygens (including phenoxy) is 1. The topological polar surface area (TPSA) is 50.1 Å². The maximum Gasteiger partial charge on any atom is 0.309 e. The third kappa shape index (κ3) is 6.29. The average molecular weight is 362 g/mol. The van der Waals surface area contributed by atoms with Crippen LogP contribution in [0.15, 0.2) is 0 Å². The van der Waals surface area contributed by atoms with Crippen molar-refractivity contribution in [3.05, 3.63) is 0 Å². The molecule has 2 aliphatic rings. The summed E-state index contributed by atoms with van der Waals surface area (Å²) in [6.07, 6.45) is 16.7. The molecule has 3 heteroatoms. The van der Waals surface area contributed by atoms with Gasteiger partial charge in [-0.25, -0.2) is 0 Å². The van der Waals surface area contributed by atoms with E-state index in [1.807, 2.05) is 0 Å². The highest BCUT2D eigenvalue weighted by Gasteiger charge is 2.38. The highest BCUT2D eigenvalue weighted by atomic mass is 16.5. The number of nitriles is 1. The summed E-state index contributed by atoms with van der Waals surface area (Å²) in [5.41, 5.74) is -0.177. The molecule has 0 spiro atoms. The van der Waals surface area contributed by atoms with Gasteiger partial charge in [-0.05, 0) is 63.7 Å². The van der Waals surface area contributed by atoms with Crippen molar-refractivity contribution in [1.29, 1.82) is 5.26 Å². The zero-order valence-electron chi connectivity index (χ0n) is 17.1. The molecule has 2 aliphatic carbocycles. The second-order valence-electron chi connectivity index (χ2n) is 8.85. The van der Waals surface area contributed by atoms with E-state index in [4.69, 9.17) is 4.74 Å². The Labute approximate surface area is 160 Å². The second kappa shape index (κ2) is 11.0. The molecular weight excluding hydrogens is 322 g/mol. The zero-order valence-corrected chi connectivity index (χ0v) is 17.1. The summed E-state index contributed by atoms with van der Waals surface area (Å²) in [4.78, 5) is 12.6. The van der Waals surface area contributed by atoms with E-state index in [2.05, 4.69) is 19.9 Å². The smallest absolute Gasteiger partial charge is 0.309 e. The second-order valence-corrected chi connectivity index (χ2v) is 8.85. The standard InChI is InChI=1S/C23H39NO2/c1-3-5-7-8-19-9-11-21(12-10-19)26-22(25)20-13-16-23(18-24,17-14-20)15-6-4-2/h19-21H,3-17H2,1-2H3/t19-,20-,21-,23+. The van der Waals surface area contributed by atoms with Crippen molar-refractivity contribution in [3.63, 3.8) is 0 Å². The van der Waals surface area contributed by atoms with Crippen molar-refractivity contribution in [1.82, 2.24) is 0 Å². The van der Waals surface area contributed by atoms with Gasteiger partial charge in [0, 0.05) is 0 Å². The molecular formula is C23H39NO2. The molecule has 0 aliphatic heterocycles. The van der Waals surface area contributed by atoms with Gasteiger partial charge < -0.3 is 4.74 Å². The van der Waals surface area contributed by atoms with E-state index in [0.717, 1.165) is 63.7 Å². The lowest BCUT2D eigenvalue weighted by molar-refractivity contribution is -0.157. The van der Waals surface area contributed by atoms with Crippen LogP contribution in [-0.4, -0.2) is 12.1 Å². The molecule has 0 radical (unpaired) electrons. The Bertz CT molecular complexity index is 451. The number of hydrogen-bond donors (Lipinski definition) is 0. The molecule has 0 bridgehead atoms.